The Labute approximate surface area is 121 Å². The Morgan fingerprint density at radius 3 is 2.95 bits per heavy atom. The van der Waals surface area contributed by atoms with E-state index < -0.39 is 0 Å². The molecule has 1 saturated carbocycles. The fourth-order valence-electron chi connectivity index (χ4n) is 3.36. The molecule has 1 heterocycles. The molecular weight excluding hydrogens is 248 g/mol. The molecule has 1 N–H and O–H groups in total. The molecule has 0 saturated heterocycles. The van der Waals surface area contributed by atoms with E-state index in [-0.39, 0.29) is 5.54 Å². The highest BCUT2D eigenvalue weighted by Crippen LogP contribution is 2.41. The normalized spacial score (nSPS) is 21.0. The summed E-state index contributed by atoms with van der Waals surface area (Å²) in [4.78, 5) is 4.56. The maximum atomic E-state index is 9.77. The minimum absolute atomic E-state index is 0.387. The Morgan fingerprint density at radius 2 is 2.25 bits per heavy atom. The first-order valence-corrected chi connectivity index (χ1v) is 7.98. The quantitative estimate of drug-likeness (QED) is 0.865. The fraction of sp³-hybridized carbons (Fsp3) is 0.750. The van der Waals surface area contributed by atoms with Crippen molar-refractivity contribution in [3.8, 4) is 6.07 Å². The molecule has 1 atom stereocenters. The first kappa shape index (κ1) is 13.6. The summed E-state index contributed by atoms with van der Waals surface area (Å²) in [6, 6.07) is 2.60. The number of fused-ring (bicyclic) bond motifs is 1. The molecule has 2 aliphatic carbocycles. The number of nitrogens with one attached hydrogen (secondary N) is 1. The molecular formula is C16H24N4. The third-order valence-electron chi connectivity index (χ3n) is 4.69. The van der Waals surface area contributed by atoms with Gasteiger partial charge in [0.25, 0.3) is 0 Å². The van der Waals surface area contributed by atoms with Crippen molar-refractivity contribution < 1.29 is 0 Å². The SMILES string of the molecule is CCCNC(C#N)(Cn1cnc2c1CCCC2)C1CC1. The first-order chi connectivity index (χ1) is 9.79. The molecule has 1 aromatic heterocycles. The van der Waals surface area contributed by atoms with Crippen molar-refractivity contribution in [3.05, 3.63) is 17.7 Å². The molecule has 3 rings (SSSR count). The van der Waals surface area contributed by atoms with Crippen molar-refractivity contribution in [3.63, 3.8) is 0 Å². The predicted octanol–water partition coefficient (Wildman–Crippen LogP) is 2.43. The monoisotopic (exact) mass is 272 g/mol. The van der Waals surface area contributed by atoms with Crippen molar-refractivity contribution in [1.29, 1.82) is 5.26 Å². The van der Waals surface area contributed by atoms with E-state index in [1.54, 1.807) is 0 Å². The number of hydrogen-bond donors (Lipinski definition) is 1. The van der Waals surface area contributed by atoms with Crippen molar-refractivity contribution in [2.45, 2.75) is 64.0 Å². The Kier molecular flexibility index (Phi) is 3.80. The maximum absolute atomic E-state index is 9.77. The molecule has 2 aliphatic rings. The maximum Gasteiger partial charge on any atom is 0.127 e. The molecule has 1 unspecified atom stereocenters. The van der Waals surface area contributed by atoms with E-state index in [0.717, 1.165) is 32.4 Å². The predicted molar refractivity (Wildman–Crippen MR) is 78.2 cm³/mol. The summed E-state index contributed by atoms with van der Waals surface area (Å²) in [5, 5.41) is 13.3. The largest absolute Gasteiger partial charge is 0.331 e. The molecule has 4 nitrogen and oxygen atoms in total. The van der Waals surface area contributed by atoms with Crippen LogP contribution < -0.4 is 5.32 Å². The van der Waals surface area contributed by atoms with Gasteiger partial charge in [0.05, 0.1) is 24.6 Å². The summed E-state index contributed by atoms with van der Waals surface area (Å²) in [5.41, 5.74) is 2.24. The fourth-order valence-corrected chi connectivity index (χ4v) is 3.36. The van der Waals surface area contributed by atoms with Gasteiger partial charge in [0.2, 0.25) is 0 Å². The molecule has 1 aromatic rings. The number of imidazole rings is 1. The van der Waals surface area contributed by atoms with Gasteiger partial charge in [0.1, 0.15) is 5.54 Å². The third-order valence-corrected chi connectivity index (χ3v) is 4.69. The number of nitriles is 1. The van der Waals surface area contributed by atoms with Gasteiger partial charge in [0, 0.05) is 5.69 Å². The van der Waals surface area contributed by atoms with Crippen molar-refractivity contribution in [2.24, 2.45) is 5.92 Å². The van der Waals surface area contributed by atoms with Gasteiger partial charge in [-0.2, -0.15) is 5.26 Å². The average Bonchev–Trinajstić information content (AvgIpc) is 3.27. The van der Waals surface area contributed by atoms with Crippen LogP contribution in [0.5, 0.6) is 0 Å². The topological polar surface area (TPSA) is 53.6 Å². The summed E-state index contributed by atoms with van der Waals surface area (Å²) in [6.45, 7) is 3.83. The van der Waals surface area contributed by atoms with Crippen molar-refractivity contribution >= 4 is 0 Å². The zero-order valence-corrected chi connectivity index (χ0v) is 12.4. The minimum atomic E-state index is -0.387. The van der Waals surface area contributed by atoms with Gasteiger partial charge in [-0.05, 0) is 57.4 Å². The Hall–Kier alpha value is -1.34. The van der Waals surface area contributed by atoms with Crippen molar-refractivity contribution in [1.82, 2.24) is 14.9 Å². The van der Waals surface area contributed by atoms with Crippen LogP contribution in [0.25, 0.3) is 0 Å². The molecule has 0 aromatic carbocycles. The third kappa shape index (κ3) is 2.47. The molecule has 20 heavy (non-hydrogen) atoms. The number of nitrogens with zero attached hydrogens (tertiary/aromatic N) is 3. The summed E-state index contributed by atoms with van der Waals surface area (Å²) >= 11 is 0. The van der Waals surface area contributed by atoms with Crippen LogP contribution in [0.2, 0.25) is 0 Å². The van der Waals surface area contributed by atoms with Crippen LogP contribution in [-0.4, -0.2) is 21.6 Å². The van der Waals surface area contributed by atoms with Gasteiger partial charge in [-0.15, -0.1) is 0 Å². The molecule has 0 amide bonds. The van der Waals surface area contributed by atoms with E-state index in [4.69, 9.17) is 0 Å². The Bertz CT molecular complexity index is 509. The van der Waals surface area contributed by atoms with E-state index in [0.29, 0.717) is 5.92 Å². The molecule has 0 radical (unpaired) electrons. The number of aryl methyl sites for hydroxylation is 1. The van der Waals surface area contributed by atoms with E-state index in [9.17, 15) is 5.26 Å². The lowest BCUT2D eigenvalue weighted by atomic mass is 9.93. The van der Waals surface area contributed by atoms with Gasteiger partial charge >= 0.3 is 0 Å². The summed E-state index contributed by atoms with van der Waals surface area (Å²) in [7, 11) is 0. The van der Waals surface area contributed by atoms with Crippen LogP contribution in [0, 0.1) is 17.2 Å². The zero-order valence-electron chi connectivity index (χ0n) is 12.4. The summed E-state index contributed by atoms with van der Waals surface area (Å²) < 4.78 is 2.25. The van der Waals surface area contributed by atoms with Crippen LogP contribution in [0.3, 0.4) is 0 Å². The summed E-state index contributed by atoms with van der Waals surface area (Å²) in [5.74, 6) is 0.515. The molecule has 0 aliphatic heterocycles. The second-order valence-electron chi connectivity index (χ2n) is 6.26. The minimum Gasteiger partial charge on any atom is -0.331 e. The highest BCUT2D eigenvalue weighted by molar-refractivity contribution is 5.20. The number of aromatic nitrogens is 2. The number of rotatable bonds is 6. The second-order valence-corrected chi connectivity index (χ2v) is 6.26. The highest BCUT2D eigenvalue weighted by atomic mass is 15.1. The van der Waals surface area contributed by atoms with Crippen LogP contribution in [0.15, 0.2) is 6.33 Å². The lowest BCUT2D eigenvalue weighted by Crippen LogP contribution is -2.50. The van der Waals surface area contributed by atoms with Crippen LogP contribution in [-0.2, 0) is 19.4 Å². The van der Waals surface area contributed by atoms with Gasteiger partial charge in [-0.3, -0.25) is 5.32 Å². The Morgan fingerprint density at radius 1 is 1.45 bits per heavy atom. The van der Waals surface area contributed by atoms with Crippen LogP contribution >= 0.6 is 0 Å². The zero-order chi connectivity index (χ0) is 14.0. The summed E-state index contributed by atoms with van der Waals surface area (Å²) in [6.07, 6.45) is 10.1. The number of hydrogen-bond acceptors (Lipinski definition) is 3. The Balaban J connectivity index is 1.82. The highest BCUT2D eigenvalue weighted by Gasteiger charge is 2.46. The molecule has 108 valence electrons. The van der Waals surface area contributed by atoms with Crippen molar-refractivity contribution in [2.75, 3.05) is 6.54 Å². The van der Waals surface area contributed by atoms with Crippen LogP contribution in [0.1, 0.15) is 50.4 Å². The van der Waals surface area contributed by atoms with E-state index in [1.165, 1.54) is 37.1 Å². The first-order valence-electron chi connectivity index (χ1n) is 7.98. The standard InChI is InChI=1S/C16H24N4/c1-2-9-19-16(10-17,13-7-8-13)11-20-12-18-14-5-3-4-6-15(14)20/h12-13,19H,2-9,11H2,1H3. The lowest BCUT2D eigenvalue weighted by molar-refractivity contribution is 0.314. The smallest absolute Gasteiger partial charge is 0.127 e. The van der Waals surface area contributed by atoms with Gasteiger partial charge in [-0.1, -0.05) is 6.92 Å². The molecule has 1 fully saturated rings. The van der Waals surface area contributed by atoms with Crippen LogP contribution in [0.4, 0.5) is 0 Å². The van der Waals surface area contributed by atoms with E-state index in [1.807, 2.05) is 6.33 Å². The van der Waals surface area contributed by atoms with E-state index >= 15 is 0 Å². The van der Waals surface area contributed by atoms with Gasteiger partial charge in [0.15, 0.2) is 0 Å². The van der Waals surface area contributed by atoms with Gasteiger partial charge < -0.3 is 4.57 Å². The molecule has 0 bridgehead atoms. The lowest BCUT2D eigenvalue weighted by Gasteiger charge is -2.29. The average molecular weight is 272 g/mol. The van der Waals surface area contributed by atoms with Gasteiger partial charge in [-0.25, -0.2) is 4.98 Å². The second kappa shape index (κ2) is 5.57. The molecule has 0 spiro atoms. The molecule has 4 heteroatoms. The van der Waals surface area contributed by atoms with E-state index in [2.05, 4.69) is 27.9 Å².